The van der Waals surface area contributed by atoms with Gasteiger partial charge >= 0.3 is 0 Å². The molecule has 0 aliphatic carbocycles. The van der Waals surface area contributed by atoms with E-state index in [0.717, 1.165) is 12.8 Å². The van der Waals surface area contributed by atoms with Crippen LogP contribution in [-0.4, -0.2) is 0 Å². The molecule has 0 saturated carbocycles. The SMILES string of the molecule is C=C/C=C(\C(=C)CCCCC)c1cc2ccccc2cc1CCCCC.CC.CC. The van der Waals surface area contributed by atoms with Crippen molar-refractivity contribution in [3.8, 4) is 0 Å². The Bertz CT molecular complexity index is 761. The van der Waals surface area contributed by atoms with Gasteiger partial charge in [0.1, 0.15) is 0 Å². The molecule has 0 atom stereocenters. The Morgan fingerprint density at radius 3 is 1.97 bits per heavy atom. The number of fused-ring (bicyclic) bond motifs is 1. The standard InChI is InChI=1S/C26H34.2C2H6/c1-5-8-10-15-21(4)25(14-7-3)26-20-23-17-13-12-16-22(23)19-24(26)18-11-9-6-2;2*1-2/h7,12-14,16-17,19-20H,3-6,8-11,15,18H2,1-2H3;2*1-2H3/b25-14+;;. The molecule has 0 unspecified atom stereocenters. The van der Waals surface area contributed by atoms with Gasteiger partial charge in [0.15, 0.2) is 0 Å². The van der Waals surface area contributed by atoms with E-state index in [1.54, 1.807) is 0 Å². The first-order valence-electron chi connectivity index (χ1n) is 12.2. The van der Waals surface area contributed by atoms with Gasteiger partial charge in [0.2, 0.25) is 0 Å². The minimum absolute atomic E-state index is 1.06. The molecule has 0 N–H and O–H groups in total. The van der Waals surface area contributed by atoms with Crippen LogP contribution in [0.25, 0.3) is 16.3 Å². The minimum Gasteiger partial charge on any atom is -0.0990 e. The lowest BCUT2D eigenvalue weighted by atomic mass is 9.87. The van der Waals surface area contributed by atoms with Gasteiger partial charge in [-0.05, 0) is 64.8 Å². The monoisotopic (exact) mass is 406 g/mol. The Labute approximate surface area is 187 Å². The predicted octanol–water partition coefficient (Wildman–Crippen LogP) is 10.3. The number of hydrogen-bond acceptors (Lipinski definition) is 0. The van der Waals surface area contributed by atoms with E-state index in [2.05, 4.69) is 69.5 Å². The van der Waals surface area contributed by atoms with Crippen LogP contribution in [0.1, 0.15) is 97.6 Å². The van der Waals surface area contributed by atoms with Gasteiger partial charge in [-0.25, -0.2) is 0 Å². The third-order valence-corrected chi connectivity index (χ3v) is 5.06. The third kappa shape index (κ3) is 9.16. The molecular formula is C30H46. The van der Waals surface area contributed by atoms with Gasteiger partial charge in [0.05, 0.1) is 0 Å². The first-order chi connectivity index (χ1) is 14.7. The van der Waals surface area contributed by atoms with Crippen molar-refractivity contribution in [1.82, 2.24) is 0 Å². The largest absolute Gasteiger partial charge is 0.0990 e. The van der Waals surface area contributed by atoms with Crippen molar-refractivity contribution in [2.24, 2.45) is 0 Å². The van der Waals surface area contributed by atoms with E-state index in [0.29, 0.717) is 0 Å². The van der Waals surface area contributed by atoms with E-state index in [4.69, 9.17) is 0 Å². The summed E-state index contributed by atoms with van der Waals surface area (Å²) in [6.07, 6.45) is 13.8. The molecule has 0 aromatic heterocycles. The van der Waals surface area contributed by atoms with Crippen molar-refractivity contribution in [1.29, 1.82) is 0 Å². The summed E-state index contributed by atoms with van der Waals surface area (Å²) in [5.74, 6) is 0. The Balaban J connectivity index is 0.00000198. The quantitative estimate of drug-likeness (QED) is 0.257. The topological polar surface area (TPSA) is 0 Å². The number of rotatable bonds is 11. The van der Waals surface area contributed by atoms with Gasteiger partial charge in [-0.15, -0.1) is 0 Å². The van der Waals surface area contributed by atoms with E-state index >= 15 is 0 Å². The molecule has 0 saturated heterocycles. The van der Waals surface area contributed by atoms with Crippen molar-refractivity contribution in [2.75, 3.05) is 0 Å². The van der Waals surface area contributed by atoms with Crippen molar-refractivity contribution >= 4 is 16.3 Å². The van der Waals surface area contributed by atoms with Gasteiger partial charge in [-0.2, -0.15) is 0 Å². The van der Waals surface area contributed by atoms with Crippen molar-refractivity contribution in [3.05, 3.63) is 78.4 Å². The van der Waals surface area contributed by atoms with Crippen LogP contribution in [0.2, 0.25) is 0 Å². The molecule has 0 amide bonds. The van der Waals surface area contributed by atoms with E-state index in [1.165, 1.54) is 71.6 Å². The number of unbranched alkanes of at least 4 members (excludes halogenated alkanes) is 4. The first-order valence-corrected chi connectivity index (χ1v) is 12.2. The molecule has 0 radical (unpaired) electrons. The molecule has 2 aromatic carbocycles. The minimum atomic E-state index is 1.06. The second kappa shape index (κ2) is 17.8. The Hall–Kier alpha value is -2.08. The summed E-state index contributed by atoms with van der Waals surface area (Å²) in [4.78, 5) is 0. The lowest BCUT2D eigenvalue weighted by Gasteiger charge is -2.17. The molecule has 0 heterocycles. The maximum atomic E-state index is 4.42. The summed E-state index contributed by atoms with van der Waals surface area (Å²) in [6.45, 7) is 20.9. The van der Waals surface area contributed by atoms with Gasteiger partial charge in [0, 0.05) is 0 Å². The lowest BCUT2D eigenvalue weighted by Crippen LogP contribution is -1.98. The maximum Gasteiger partial charge on any atom is -0.0143 e. The van der Waals surface area contributed by atoms with Crippen LogP contribution in [0.4, 0.5) is 0 Å². The molecule has 166 valence electrons. The lowest BCUT2D eigenvalue weighted by molar-refractivity contribution is 0.715. The first kappa shape index (κ1) is 27.9. The van der Waals surface area contributed by atoms with Gasteiger partial charge in [0.25, 0.3) is 0 Å². The van der Waals surface area contributed by atoms with E-state index in [9.17, 15) is 0 Å². The predicted molar refractivity (Wildman–Crippen MR) is 141 cm³/mol. The molecule has 0 nitrogen and oxygen atoms in total. The highest BCUT2D eigenvalue weighted by Gasteiger charge is 2.12. The highest BCUT2D eigenvalue weighted by atomic mass is 14.2. The van der Waals surface area contributed by atoms with Crippen molar-refractivity contribution in [2.45, 2.75) is 92.9 Å². The molecule has 0 aliphatic heterocycles. The van der Waals surface area contributed by atoms with Gasteiger partial charge in [-0.1, -0.05) is 123 Å². The van der Waals surface area contributed by atoms with Crippen molar-refractivity contribution < 1.29 is 0 Å². The zero-order valence-corrected chi connectivity index (χ0v) is 20.7. The fourth-order valence-electron chi connectivity index (χ4n) is 3.55. The molecule has 0 spiro atoms. The van der Waals surface area contributed by atoms with E-state index in [-0.39, 0.29) is 0 Å². The fraction of sp³-hybridized carbons (Fsp3) is 0.467. The van der Waals surface area contributed by atoms with Crippen molar-refractivity contribution in [3.63, 3.8) is 0 Å². The van der Waals surface area contributed by atoms with Crippen LogP contribution in [0.3, 0.4) is 0 Å². The molecular weight excluding hydrogens is 360 g/mol. The summed E-state index contributed by atoms with van der Waals surface area (Å²) >= 11 is 0. The normalized spacial score (nSPS) is 10.5. The highest BCUT2D eigenvalue weighted by molar-refractivity contribution is 5.91. The van der Waals surface area contributed by atoms with Crippen LogP contribution in [-0.2, 0) is 6.42 Å². The highest BCUT2D eigenvalue weighted by Crippen LogP contribution is 2.32. The Kier molecular flexibility index (Phi) is 16.5. The van der Waals surface area contributed by atoms with Crippen LogP contribution in [0, 0.1) is 0 Å². The van der Waals surface area contributed by atoms with Crippen LogP contribution < -0.4 is 0 Å². The summed E-state index contributed by atoms with van der Waals surface area (Å²) in [6, 6.07) is 13.4. The van der Waals surface area contributed by atoms with E-state index < -0.39 is 0 Å². The average Bonchev–Trinajstić information content (AvgIpc) is 2.80. The third-order valence-electron chi connectivity index (χ3n) is 5.06. The smallest absolute Gasteiger partial charge is 0.0143 e. The molecule has 0 bridgehead atoms. The zero-order chi connectivity index (χ0) is 22.8. The Morgan fingerprint density at radius 2 is 1.40 bits per heavy atom. The number of allylic oxidation sites excluding steroid dienone is 4. The van der Waals surface area contributed by atoms with Gasteiger partial charge < -0.3 is 0 Å². The second-order valence-corrected chi connectivity index (χ2v) is 7.19. The van der Waals surface area contributed by atoms with Crippen LogP contribution in [0.15, 0.2) is 67.3 Å². The number of hydrogen-bond donors (Lipinski definition) is 0. The second-order valence-electron chi connectivity index (χ2n) is 7.19. The van der Waals surface area contributed by atoms with E-state index in [1.807, 2.05) is 33.8 Å². The van der Waals surface area contributed by atoms with Gasteiger partial charge in [-0.3, -0.25) is 0 Å². The average molecular weight is 407 g/mol. The fourth-order valence-corrected chi connectivity index (χ4v) is 3.55. The molecule has 0 heteroatoms. The number of benzene rings is 2. The summed E-state index contributed by atoms with van der Waals surface area (Å²) < 4.78 is 0. The Morgan fingerprint density at radius 1 is 0.833 bits per heavy atom. The molecule has 0 aliphatic rings. The maximum absolute atomic E-state index is 4.42. The zero-order valence-electron chi connectivity index (χ0n) is 20.7. The summed E-state index contributed by atoms with van der Waals surface area (Å²) in [5.41, 5.74) is 5.31. The molecule has 30 heavy (non-hydrogen) atoms. The molecule has 0 fully saturated rings. The van der Waals surface area contributed by atoms with Crippen LogP contribution in [0.5, 0.6) is 0 Å². The molecule has 2 aromatic rings. The molecule has 2 rings (SSSR count). The summed E-state index contributed by atoms with van der Waals surface area (Å²) in [5, 5.41) is 2.63. The number of aryl methyl sites for hydroxylation is 1. The summed E-state index contributed by atoms with van der Waals surface area (Å²) in [7, 11) is 0. The van der Waals surface area contributed by atoms with Crippen LogP contribution >= 0.6 is 0 Å².